The molecular weight excluding hydrogens is 374 g/mol. The van der Waals surface area contributed by atoms with Crippen molar-refractivity contribution < 1.29 is 0 Å². The highest BCUT2D eigenvalue weighted by Gasteiger charge is 2.42. The van der Waals surface area contributed by atoms with Crippen molar-refractivity contribution in [3.63, 3.8) is 0 Å². The Kier molecular flexibility index (Phi) is 7.70. The maximum absolute atomic E-state index is 2.73. The molecule has 1 aromatic rings. The molecule has 2 saturated heterocycles. The van der Waals surface area contributed by atoms with E-state index in [0.717, 1.165) is 46.3 Å². The smallest absolute Gasteiger partial charge is 0.0143 e. The van der Waals surface area contributed by atoms with E-state index in [1.165, 1.54) is 25.7 Å². The SMILES string of the molecule is CC(C)[C@H]1CC[C@@H](C(C)C)P1c1cccc(P2[C@H](C(C)C)CC[C@H]2C(C)C)c1. The summed E-state index contributed by atoms with van der Waals surface area (Å²) in [7, 11) is -0.0508. The maximum Gasteiger partial charge on any atom is -0.0143 e. The Balaban J connectivity index is 1.98. The van der Waals surface area contributed by atoms with Crippen LogP contribution >= 0.6 is 15.8 Å². The standard InChI is InChI=1S/C26H44P2/c1-17(2)23-12-13-24(18(3)4)27(23)21-10-9-11-22(16-21)28-25(19(5)6)14-15-26(28)20(7)8/h9-11,16-20,23-26H,12-15H2,1-8H3/t23-,24-,25-,26+,28?/m0/s1. The summed E-state index contributed by atoms with van der Waals surface area (Å²) < 4.78 is 0. The minimum absolute atomic E-state index is 0.0254. The van der Waals surface area contributed by atoms with Gasteiger partial charge in [-0.2, -0.15) is 0 Å². The normalized spacial score (nSPS) is 31.8. The molecule has 2 heteroatoms. The van der Waals surface area contributed by atoms with Gasteiger partial charge in [-0.25, -0.2) is 0 Å². The Morgan fingerprint density at radius 3 is 1.11 bits per heavy atom. The fourth-order valence-electron chi connectivity index (χ4n) is 5.93. The van der Waals surface area contributed by atoms with Crippen molar-refractivity contribution in [1.82, 2.24) is 0 Å². The Morgan fingerprint density at radius 1 is 0.571 bits per heavy atom. The van der Waals surface area contributed by atoms with E-state index >= 15 is 0 Å². The van der Waals surface area contributed by atoms with Crippen LogP contribution in [0.3, 0.4) is 0 Å². The molecule has 1 unspecified atom stereocenters. The van der Waals surface area contributed by atoms with Gasteiger partial charge >= 0.3 is 0 Å². The summed E-state index contributed by atoms with van der Waals surface area (Å²) >= 11 is 0. The molecule has 0 saturated carbocycles. The highest BCUT2D eigenvalue weighted by molar-refractivity contribution is 7.69. The third-order valence-electron chi connectivity index (χ3n) is 7.45. The molecule has 2 heterocycles. The molecular formula is C26H44P2. The first-order valence-corrected chi connectivity index (χ1v) is 14.8. The fourth-order valence-corrected chi connectivity index (χ4v) is 13.9. The highest BCUT2D eigenvalue weighted by atomic mass is 31.1. The Bertz CT molecular complexity index is 550. The third-order valence-corrected chi connectivity index (χ3v) is 15.5. The average molecular weight is 419 g/mol. The first-order valence-electron chi connectivity index (χ1n) is 11.9. The molecule has 158 valence electrons. The van der Waals surface area contributed by atoms with Crippen LogP contribution in [0.5, 0.6) is 0 Å². The van der Waals surface area contributed by atoms with Crippen LogP contribution in [0.15, 0.2) is 24.3 Å². The minimum Gasteiger partial charge on any atom is -0.0684 e. The van der Waals surface area contributed by atoms with Gasteiger partial charge in [0.1, 0.15) is 0 Å². The van der Waals surface area contributed by atoms with Crippen LogP contribution in [-0.2, 0) is 0 Å². The van der Waals surface area contributed by atoms with Crippen LogP contribution in [-0.4, -0.2) is 22.6 Å². The molecule has 2 aliphatic rings. The van der Waals surface area contributed by atoms with E-state index in [1.54, 1.807) is 10.6 Å². The van der Waals surface area contributed by atoms with Crippen LogP contribution < -0.4 is 10.6 Å². The zero-order valence-electron chi connectivity index (χ0n) is 19.7. The molecule has 0 amide bonds. The number of rotatable bonds is 6. The zero-order chi connectivity index (χ0) is 20.6. The number of hydrogen-bond donors (Lipinski definition) is 0. The summed E-state index contributed by atoms with van der Waals surface area (Å²) in [6.45, 7) is 19.8. The molecule has 0 nitrogen and oxygen atoms in total. The van der Waals surface area contributed by atoms with Gasteiger partial charge in [-0.1, -0.05) is 89.4 Å². The summed E-state index contributed by atoms with van der Waals surface area (Å²) in [5.41, 5.74) is 3.71. The molecule has 0 aliphatic carbocycles. The van der Waals surface area contributed by atoms with Gasteiger partial charge in [-0.05, 0) is 88.7 Å². The summed E-state index contributed by atoms with van der Waals surface area (Å²) in [4.78, 5) is 0. The van der Waals surface area contributed by atoms with Crippen molar-refractivity contribution in [3.05, 3.63) is 24.3 Å². The van der Waals surface area contributed by atoms with Crippen molar-refractivity contribution >= 4 is 26.5 Å². The molecule has 0 spiro atoms. The van der Waals surface area contributed by atoms with Crippen LogP contribution in [0, 0.1) is 23.7 Å². The van der Waals surface area contributed by atoms with Crippen molar-refractivity contribution in [2.45, 2.75) is 104 Å². The van der Waals surface area contributed by atoms with Crippen LogP contribution in [0.2, 0.25) is 0 Å². The molecule has 0 radical (unpaired) electrons. The largest absolute Gasteiger partial charge is 0.0684 e. The molecule has 28 heavy (non-hydrogen) atoms. The lowest BCUT2D eigenvalue weighted by Crippen LogP contribution is -2.26. The topological polar surface area (TPSA) is 0 Å². The monoisotopic (exact) mass is 418 g/mol. The Hall–Kier alpha value is 0.0800. The molecule has 3 rings (SSSR count). The summed E-state index contributed by atoms with van der Waals surface area (Å²) in [5.74, 6) is 3.29. The van der Waals surface area contributed by atoms with Crippen molar-refractivity contribution in [3.8, 4) is 0 Å². The second kappa shape index (κ2) is 9.48. The van der Waals surface area contributed by atoms with Gasteiger partial charge in [-0.3, -0.25) is 0 Å². The average Bonchev–Trinajstić information content (AvgIpc) is 3.26. The minimum atomic E-state index is -0.0254. The van der Waals surface area contributed by atoms with E-state index in [9.17, 15) is 0 Å². The molecule has 1 aromatic carbocycles. The second-order valence-corrected chi connectivity index (χ2v) is 16.0. The van der Waals surface area contributed by atoms with Crippen LogP contribution in [0.4, 0.5) is 0 Å². The lowest BCUT2D eigenvalue weighted by atomic mass is 10.0. The molecule has 0 aromatic heterocycles. The van der Waals surface area contributed by atoms with Crippen LogP contribution in [0.1, 0.15) is 81.1 Å². The molecule has 0 N–H and O–H groups in total. The number of hydrogen-bond acceptors (Lipinski definition) is 0. The molecule has 2 fully saturated rings. The molecule has 0 bridgehead atoms. The van der Waals surface area contributed by atoms with E-state index in [2.05, 4.69) is 79.7 Å². The van der Waals surface area contributed by atoms with Crippen molar-refractivity contribution in [2.24, 2.45) is 23.7 Å². The van der Waals surface area contributed by atoms with Gasteiger partial charge in [0.15, 0.2) is 0 Å². The van der Waals surface area contributed by atoms with Gasteiger partial charge in [0.2, 0.25) is 0 Å². The quantitative estimate of drug-likeness (QED) is 0.418. The van der Waals surface area contributed by atoms with Crippen LogP contribution in [0.25, 0.3) is 0 Å². The first kappa shape index (κ1) is 22.8. The first-order chi connectivity index (χ1) is 13.2. The van der Waals surface area contributed by atoms with E-state index in [-0.39, 0.29) is 15.8 Å². The van der Waals surface area contributed by atoms with Gasteiger partial charge < -0.3 is 0 Å². The number of benzene rings is 1. The van der Waals surface area contributed by atoms with Gasteiger partial charge in [-0.15, -0.1) is 0 Å². The van der Waals surface area contributed by atoms with Gasteiger partial charge in [0.05, 0.1) is 0 Å². The summed E-state index contributed by atoms with van der Waals surface area (Å²) in [6, 6.07) is 10.2. The van der Waals surface area contributed by atoms with E-state index in [4.69, 9.17) is 0 Å². The maximum atomic E-state index is 2.73. The van der Waals surface area contributed by atoms with Gasteiger partial charge in [0, 0.05) is 0 Å². The van der Waals surface area contributed by atoms with Crippen molar-refractivity contribution in [1.29, 1.82) is 0 Å². The van der Waals surface area contributed by atoms with E-state index in [0.29, 0.717) is 0 Å². The van der Waals surface area contributed by atoms with Gasteiger partial charge in [0.25, 0.3) is 0 Å². The predicted octanol–water partition coefficient (Wildman–Crippen LogP) is 7.59. The lowest BCUT2D eigenvalue weighted by Gasteiger charge is -2.34. The second-order valence-electron chi connectivity index (χ2n) is 10.7. The highest BCUT2D eigenvalue weighted by Crippen LogP contribution is 2.61. The summed E-state index contributed by atoms with van der Waals surface area (Å²) in [6.07, 6.45) is 5.81. The molecule has 5 atom stereocenters. The molecule has 2 aliphatic heterocycles. The third kappa shape index (κ3) is 4.54. The predicted molar refractivity (Wildman–Crippen MR) is 133 cm³/mol. The van der Waals surface area contributed by atoms with E-state index in [1.807, 2.05) is 0 Å². The zero-order valence-corrected chi connectivity index (χ0v) is 21.4. The van der Waals surface area contributed by atoms with E-state index < -0.39 is 0 Å². The Morgan fingerprint density at radius 2 is 0.857 bits per heavy atom. The summed E-state index contributed by atoms with van der Waals surface area (Å²) in [5, 5.41) is 3.48. The Labute approximate surface area is 178 Å². The van der Waals surface area contributed by atoms with Crippen molar-refractivity contribution in [2.75, 3.05) is 0 Å². The fraction of sp³-hybridized carbons (Fsp3) is 0.769. The lowest BCUT2D eigenvalue weighted by molar-refractivity contribution is 0.543.